The van der Waals surface area contributed by atoms with E-state index in [1.54, 1.807) is 19.3 Å². The third-order valence-corrected chi connectivity index (χ3v) is 3.59. The number of nitrogens with one attached hydrogen (secondary N) is 1. The smallest absolute Gasteiger partial charge is 0.219 e. The number of carbonyl (C=O) groups excluding carboxylic acids is 1. The van der Waals surface area contributed by atoms with Crippen molar-refractivity contribution in [1.82, 2.24) is 10.3 Å². The van der Waals surface area contributed by atoms with Crippen LogP contribution in [0.3, 0.4) is 0 Å². The first-order chi connectivity index (χ1) is 7.65. The van der Waals surface area contributed by atoms with E-state index in [0.29, 0.717) is 29.2 Å². The minimum absolute atomic E-state index is 0.0419. The van der Waals surface area contributed by atoms with Gasteiger partial charge in [-0.15, -0.1) is 0 Å². The van der Waals surface area contributed by atoms with Gasteiger partial charge >= 0.3 is 0 Å². The number of pyridine rings is 1. The SMILES string of the molecule is CNC(=O)CCCS(=O)c1ccncc1N. The lowest BCUT2D eigenvalue weighted by molar-refractivity contribution is -0.120. The molecular weight excluding hydrogens is 226 g/mol. The fraction of sp³-hybridized carbons (Fsp3) is 0.400. The van der Waals surface area contributed by atoms with Gasteiger partial charge in [-0.3, -0.25) is 14.0 Å². The lowest BCUT2D eigenvalue weighted by atomic mass is 10.3. The third kappa shape index (κ3) is 3.62. The van der Waals surface area contributed by atoms with Crippen LogP contribution in [-0.2, 0) is 15.6 Å². The van der Waals surface area contributed by atoms with E-state index >= 15 is 0 Å². The van der Waals surface area contributed by atoms with Gasteiger partial charge in [-0.05, 0) is 12.5 Å². The van der Waals surface area contributed by atoms with Crippen LogP contribution in [0, 0.1) is 0 Å². The quantitative estimate of drug-likeness (QED) is 0.776. The highest BCUT2D eigenvalue weighted by atomic mass is 32.2. The summed E-state index contributed by atoms with van der Waals surface area (Å²) in [5.74, 6) is 0.390. The van der Waals surface area contributed by atoms with Gasteiger partial charge in [0.2, 0.25) is 5.91 Å². The molecule has 0 aromatic carbocycles. The summed E-state index contributed by atoms with van der Waals surface area (Å²) >= 11 is 0. The average Bonchev–Trinajstić information content (AvgIpc) is 2.29. The van der Waals surface area contributed by atoms with E-state index in [-0.39, 0.29) is 5.91 Å². The Morgan fingerprint density at radius 1 is 1.62 bits per heavy atom. The van der Waals surface area contributed by atoms with Gasteiger partial charge in [0.25, 0.3) is 0 Å². The summed E-state index contributed by atoms with van der Waals surface area (Å²) in [6.07, 6.45) is 4.00. The van der Waals surface area contributed by atoms with Crippen LogP contribution in [0.4, 0.5) is 5.69 Å². The van der Waals surface area contributed by atoms with Crippen LogP contribution in [0.2, 0.25) is 0 Å². The molecule has 88 valence electrons. The van der Waals surface area contributed by atoms with Crippen molar-refractivity contribution >= 4 is 22.4 Å². The maximum Gasteiger partial charge on any atom is 0.219 e. The van der Waals surface area contributed by atoms with Crippen LogP contribution in [0.5, 0.6) is 0 Å². The molecule has 0 aliphatic rings. The molecule has 0 spiro atoms. The Morgan fingerprint density at radius 3 is 3.00 bits per heavy atom. The second kappa shape index (κ2) is 6.22. The predicted octanol–water partition coefficient (Wildman–Crippen LogP) is 0.298. The number of amides is 1. The highest BCUT2D eigenvalue weighted by molar-refractivity contribution is 7.85. The highest BCUT2D eigenvalue weighted by Gasteiger charge is 2.08. The molecule has 0 aliphatic heterocycles. The first kappa shape index (κ1) is 12.6. The second-order valence-corrected chi connectivity index (χ2v) is 4.78. The average molecular weight is 241 g/mol. The molecule has 0 aliphatic carbocycles. The number of aromatic nitrogens is 1. The molecule has 1 aromatic heterocycles. The van der Waals surface area contributed by atoms with Crippen molar-refractivity contribution in [3.8, 4) is 0 Å². The van der Waals surface area contributed by atoms with E-state index in [2.05, 4.69) is 10.3 Å². The zero-order chi connectivity index (χ0) is 12.0. The number of carbonyl (C=O) groups is 1. The number of nitrogen functional groups attached to an aromatic ring is 1. The minimum atomic E-state index is -1.16. The minimum Gasteiger partial charge on any atom is -0.396 e. The van der Waals surface area contributed by atoms with Gasteiger partial charge < -0.3 is 11.1 Å². The van der Waals surface area contributed by atoms with Gasteiger partial charge in [0, 0.05) is 25.4 Å². The maximum absolute atomic E-state index is 11.8. The largest absolute Gasteiger partial charge is 0.396 e. The summed E-state index contributed by atoms with van der Waals surface area (Å²) in [7, 11) is 0.425. The molecule has 1 atom stereocenters. The molecule has 1 rings (SSSR count). The molecule has 6 heteroatoms. The Morgan fingerprint density at radius 2 is 2.38 bits per heavy atom. The number of rotatable bonds is 5. The summed E-state index contributed by atoms with van der Waals surface area (Å²) in [5.41, 5.74) is 6.08. The Hall–Kier alpha value is -1.43. The Kier molecular flexibility index (Phi) is 4.91. The van der Waals surface area contributed by atoms with Gasteiger partial charge in [0.1, 0.15) is 0 Å². The van der Waals surface area contributed by atoms with E-state index < -0.39 is 10.8 Å². The molecule has 0 bridgehead atoms. The molecule has 16 heavy (non-hydrogen) atoms. The van der Waals surface area contributed by atoms with E-state index in [1.165, 1.54) is 6.20 Å². The normalized spacial score (nSPS) is 12.1. The molecule has 1 aromatic rings. The Labute approximate surface area is 96.9 Å². The van der Waals surface area contributed by atoms with Crippen LogP contribution in [0.15, 0.2) is 23.4 Å². The van der Waals surface area contributed by atoms with E-state index in [0.717, 1.165) is 0 Å². The lowest BCUT2D eigenvalue weighted by Gasteiger charge is -2.04. The van der Waals surface area contributed by atoms with E-state index in [1.807, 2.05) is 0 Å². The van der Waals surface area contributed by atoms with Crippen LogP contribution in [0.25, 0.3) is 0 Å². The van der Waals surface area contributed by atoms with Crippen LogP contribution < -0.4 is 11.1 Å². The van der Waals surface area contributed by atoms with Crippen LogP contribution in [-0.4, -0.2) is 27.9 Å². The maximum atomic E-state index is 11.8. The van der Waals surface area contributed by atoms with Crippen molar-refractivity contribution in [2.24, 2.45) is 0 Å². The molecular formula is C10H15N3O2S. The van der Waals surface area contributed by atoms with Crippen molar-refractivity contribution in [2.45, 2.75) is 17.7 Å². The summed E-state index contributed by atoms with van der Waals surface area (Å²) in [6, 6.07) is 1.64. The van der Waals surface area contributed by atoms with Crippen LogP contribution in [0.1, 0.15) is 12.8 Å². The van der Waals surface area contributed by atoms with Gasteiger partial charge in [-0.2, -0.15) is 0 Å². The monoisotopic (exact) mass is 241 g/mol. The molecule has 3 N–H and O–H groups in total. The van der Waals surface area contributed by atoms with Crippen molar-refractivity contribution < 1.29 is 9.00 Å². The van der Waals surface area contributed by atoms with E-state index in [9.17, 15) is 9.00 Å². The summed E-state index contributed by atoms with van der Waals surface area (Å²) in [6.45, 7) is 0. The molecule has 0 radical (unpaired) electrons. The predicted molar refractivity (Wildman–Crippen MR) is 63.2 cm³/mol. The summed E-state index contributed by atoms with van der Waals surface area (Å²) < 4.78 is 11.8. The highest BCUT2D eigenvalue weighted by Crippen LogP contribution is 2.14. The topological polar surface area (TPSA) is 85.1 Å². The molecule has 1 unspecified atom stereocenters. The zero-order valence-corrected chi connectivity index (χ0v) is 9.92. The number of anilines is 1. The number of hydrogen-bond acceptors (Lipinski definition) is 4. The molecule has 1 heterocycles. The van der Waals surface area contributed by atoms with Crippen molar-refractivity contribution in [3.05, 3.63) is 18.5 Å². The van der Waals surface area contributed by atoms with Crippen molar-refractivity contribution in [3.63, 3.8) is 0 Å². The molecule has 1 amide bonds. The molecule has 0 saturated heterocycles. The fourth-order valence-electron chi connectivity index (χ4n) is 1.20. The molecule has 0 fully saturated rings. The van der Waals surface area contributed by atoms with Crippen molar-refractivity contribution in [1.29, 1.82) is 0 Å². The number of hydrogen-bond donors (Lipinski definition) is 2. The first-order valence-electron chi connectivity index (χ1n) is 4.93. The van der Waals surface area contributed by atoms with Gasteiger partial charge in [0.15, 0.2) is 0 Å². The fourth-order valence-corrected chi connectivity index (χ4v) is 2.35. The summed E-state index contributed by atoms with van der Waals surface area (Å²) in [4.78, 5) is 15.4. The summed E-state index contributed by atoms with van der Waals surface area (Å²) in [5, 5.41) is 2.52. The Bertz CT molecular complexity index is 395. The number of nitrogens with zero attached hydrogens (tertiary/aromatic N) is 1. The van der Waals surface area contributed by atoms with Crippen LogP contribution >= 0.6 is 0 Å². The van der Waals surface area contributed by atoms with Gasteiger partial charge in [0.05, 0.1) is 27.6 Å². The lowest BCUT2D eigenvalue weighted by Crippen LogP contribution is -2.18. The molecule has 0 saturated carbocycles. The standard InChI is InChI=1S/C10H15N3O2S/c1-12-10(14)3-2-6-16(15)9-4-5-13-7-8(9)11/h4-5,7H,2-3,6,11H2,1H3,(H,12,14). The third-order valence-electron chi connectivity index (χ3n) is 2.07. The second-order valence-electron chi connectivity index (χ2n) is 3.24. The first-order valence-corrected chi connectivity index (χ1v) is 6.25. The Balaban J connectivity index is 2.47. The number of nitrogens with two attached hydrogens (primary N) is 1. The molecule has 5 nitrogen and oxygen atoms in total. The van der Waals surface area contributed by atoms with Crippen molar-refractivity contribution in [2.75, 3.05) is 18.5 Å². The zero-order valence-electron chi connectivity index (χ0n) is 9.10. The van der Waals surface area contributed by atoms with Gasteiger partial charge in [-0.25, -0.2) is 0 Å². The van der Waals surface area contributed by atoms with Gasteiger partial charge in [-0.1, -0.05) is 0 Å². The van der Waals surface area contributed by atoms with E-state index in [4.69, 9.17) is 5.73 Å².